The van der Waals surface area contributed by atoms with Gasteiger partial charge in [-0.2, -0.15) is 0 Å². The van der Waals surface area contributed by atoms with Crippen LogP contribution in [0.4, 0.5) is 0 Å². The summed E-state index contributed by atoms with van der Waals surface area (Å²) < 4.78 is 7.35. The fraction of sp³-hybridized carbons (Fsp3) is 0.273. The molecule has 4 rings (SSSR count). The quantitative estimate of drug-likeness (QED) is 0.758. The van der Waals surface area contributed by atoms with E-state index < -0.39 is 0 Å². The number of hydrogen-bond donors (Lipinski definition) is 1. The number of aromatic nitrogens is 1. The monoisotopic (exact) mass is 377 g/mol. The van der Waals surface area contributed by atoms with Gasteiger partial charge in [-0.25, -0.2) is 0 Å². The topological polar surface area (TPSA) is 67.5 Å². The number of furan rings is 1. The summed E-state index contributed by atoms with van der Waals surface area (Å²) in [7, 11) is 0. The summed E-state index contributed by atoms with van der Waals surface area (Å²) in [5.74, 6) is 0.878. The Morgan fingerprint density at radius 3 is 2.46 bits per heavy atom. The number of carbonyl (C=O) groups is 2. The van der Waals surface area contributed by atoms with Crippen LogP contribution in [0.2, 0.25) is 0 Å². The van der Waals surface area contributed by atoms with E-state index in [2.05, 4.69) is 5.32 Å². The lowest BCUT2D eigenvalue weighted by molar-refractivity contribution is 0.0695. The van der Waals surface area contributed by atoms with Crippen molar-refractivity contribution in [3.63, 3.8) is 0 Å². The molecule has 0 saturated carbocycles. The maximum Gasteiger partial charge on any atom is 0.287 e. The number of nitrogens with one attached hydrogen (secondary N) is 1. The molecule has 6 nitrogen and oxygen atoms in total. The molecule has 1 saturated heterocycles. The molecule has 3 aromatic rings. The molecule has 0 atom stereocenters. The third-order valence-electron chi connectivity index (χ3n) is 5.08. The molecule has 0 spiro atoms. The van der Waals surface area contributed by atoms with Gasteiger partial charge >= 0.3 is 0 Å². The highest BCUT2D eigenvalue weighted by atomic mass is 16.3. The van der Waals surface area contributed by atoms with E-state index in [9.17, 15) is 9.59 Å². The summed E-state index contributed by atoms with van der Waals surface area (Å²) in [5, 5.41) is 3.00. The maximum absolute atomic E-state index is 12.9. The maximum atomic E-state index is 12.9. The number of carbonyl (C=O) groups excluding carboxylic acids is 2. The van der Waals surface area contributed by atoms with Gasteiger partial charge < -0.3 is 19.2 Å². The van der Waals surface area contributed by atoms with Crippen LogP contribution in [0.15, 0.2) is 65.3 Å². The zero-order valence-electron chi connectivity index (χ0n) is 15.8. The fourth-order valence-electron chi connectivity index (χ4n) is 3.53. The Bertz CT molecular complexity index is 967. The molecule has 0 radical (unpaired) electrons. The van der Waals surface area contributed by atoms with Crippen molar-refractivity contribution in [2.45, 2.75) is 25.8 Å². The fourth-order valence-corrected chi connectivity index (χ4v) is 3.53. The van der Waals surface area contributed by atoms with E-state index in [-0.39, 0.29) is 17.9 Å². The summed E-state index contributed by atoms with van der Waals surface area (Å²) in [5.41, 5.74) is 1.64. The van der Waals surface area contributed by atoms with Crippen molar-refractivity contribution < 1.29 is 14.0 Å². The normalized spacial score (nSPS) is 14.8. The van der Waals surface area contributed by atoms with Crippen LogP contribution in [-0.2, 0) is 0 Å². The zero-order chi connectivity index (χ0) is 19.5. The largest absolute Gasteiger partial charge is 0.456 e. The number of hydrogen-bond acceptors (Lipinski definition) is 3. The predicted molar refractivity (Wildman–Crippen MR) is 106 cm³/mol. The molecular formula is C22H23N3O3. The van der Waals surface area contributed by atoms with E-state index in [1.807, 2.05) is 65.2 Å². The van der Waals surface area contributed by atoms with Gasteiger partial charge in [0.25, 0.3) is 11.8 Å². The molecule has 144 valence electrons. The van der Waals surface area contributed by atoms with Gasteiger partial charge in [-0.3, -0.25) is 9.59 Å². The SMILES string of the molecule is Cc1ccc(C(=O)NC2CCN(C(=O)c3cccc(-n4cccc4)c3)CC2)o1. The molecule has 3 heterocycles. The number of aryl methyl sites for hydroxylation is 1. The van der Waals surface area contributed by atoms with Crippen molar-refractivity contribution in [2.24, 2.45) is 0 Å². The first-order chi connectivity index (χ1) is 13.6. The first-order valence-corrected chi connectivity index (χ1v) is 9.50. The van der Waals surface area contributed by atoms with E-state index in [0.717, 1.165) is 18.5 Å². The van der Waals surface area contributed by atoms with Gasteiger partial charge in [0.1, 0.15) is 5.76 Å². The van der Waals surface area contributed by atoms with Gasteiger partial charge in [0.2, 0.25) is 0 Å². The molecule has 2 amide bonds. The molecule has 0 unspecified atom stereocenters. The van der Waals surface area contributed by atoms with Gasteiger partial charge in [-0.15, -0.1) is 0 Å². The average Bonchev–Trinajstić information content (AvgIpc) is 3.40. The molecule has 28 heavy (non-hydrogen) atoms. The first kappa shape index (κ1) is 18.1. The predicted octanol–water partition coefficient (Wildman–Crippen LogP) is 3.41. The molecule has 6 heteroatoms. The van der Waals surface area contributed by atoms with Crippen molar-refractivity contribution >= 4 is 11.8 Å². The highest BCUT2D eigenvalue weighted by Crippen LogP contribution is 2.17. The van der Waals surface area contributed by atoms with Crippen molar-refractivity contribution in [3.05, 3.63) is 78.0 Å². The van der Waals surface area contributed by atoms with Gasteiger partial charge in [-0.1, -0.05) is 6.07 Å². The minimum Gasteiger partial charge on any atom is -0.456 e. The molecule has 1 aliphatic heterocycles. The molecule has 0 aliphatic carbocycles. The third kappa shape index (κ3) is 3.86. The van der Waals surface area contributed by atoms with E-state index in [1.54, 1.807) is 12.1 Å². The van der Waals surface area contributed by atoms with Crippen LogP contribution in [0.25, 0.3) is 5.69 Å². The Hall–Kier alpha value is -3.28. The Morgan fingerprint density at radius 2 is 1.79 bits per heavy atom. The summed E-state index contributed by atoms with van der Waals surface area (Å²) in [4.78, 5) is 27.0. The first-order valence-electron chi connectivity index (χ1n) is 9.50. The highest BCUT2D eigenvalue weighted by molar-refractivity contribution is 5.95. The Morgan fingerprint density at radius 1 is 1.04 bits per heavy atom. The van der Waals surface area contributed by atoms with Crippen molar-refractivity contribution in [1.82, 2.24) is 14.8 Å². The molecular weight excluding hydrogens is 354 g/mol. The third-order valence-corrected chi connectivity index (χ3v) is 5.08. The van der Waals surface area contributed by atoms with Crippen molar-refractivity contribution in [1.29, 1.82) is 0 Å². The van der Waals surface area contributed by atoms with Crippen LogP contribution in [-0.4, -0.2) is 40.4 Å². The average molecular weight is 377 g/mol. The van der Waals surface area contributed by atoms with Crippen LogP contribution in [0.1, 0.15) is 39.5 Å². The molecule has 0 bridgehead atoms. The Balaban J connectivity index is 1.35. The number of nitrogens with zero attached hydrogens (tertiary/aromatic N) is 2. The number of rotatable bonds is 4. The van der Waals surface area contributed by atoms with E-state index in [1.165, 1.54) is 0 Å². The number of benzene rings is 1. The van der Waals surface area contributed by atoms with Crippen LogP contribution >= 0.6 is 0 Å². The molecule has 2 aromatic heterocycles. The Labute approximate surface area is 163 Å². The summed E-state index contributed by atoms with van der Waals surface area (Å²) in [6, 6.07) is 15.1. The van der Waals surface area contributed by atoms with Crippen LogP contribution in [0.3, 0.4) is 0 Å². The lowest BCUT2D eigenvalue weighted by atomic mass is 10.0. The summed E-state index contributed by atoms with van der Waals surface area (Å²) in [6.07, 6.45) is 5.37. The van der Waals surface area contributed by atoms with Crippen LogP contribution < -0.4 is 5.32 Å². The summed E-state index contributed by atoms with van der Waals surface area (Å²) in [6.45, 7) is 3.05. The standard InChI is InChI=1S/C22H23N3O3/c1-16-7-8-20(28-16)21(26)23-18-9-13-25(14-10-18)22(27)17-5-4-6-19(15-17)24-11-2-3-12-24/h2-8,11-12,15,18H,9-10,13-14H2,1H3,(H,23,26). The van der Waals surface area contributed by atoms with Crippen molar-refractivity contribution in [3.8, 4) is 5.69 Å². The van der Waals surface area contributed by atoms with E-state index in [0.29, 0.717) is 30.2 Å². The molecule has 1 N–H and O–H groups in total. The van der Waals surface area contributed by atoms with E-state index >= 15 is 0 Å². The Kier molecular flexibility index (Phi) is 5.02. The minimum atomic E-state index is -0.197. The molecule has 1 fully saturated rings. The lowest BCUT2D eigenvalue weighted by Crippen LogP contribution is -2.46. The minimum absolute atomic E-state index is 0.0282. The second-order valence-electron chi connectivity index (χ2n) is 7.09. The number of likely N-dealkylation sites (tertiary alicyclic amines) is 1. The molecule has 1 aliphatic rings. The van der Waals surface area contributed by atoms with E-state index in [4.69, 9.17) is 4.42 Å². The lowest BCUT2D eigenvalue weighted by Gasteiger charge is -2.32. The second-order valence-corrected chi connectivity index (χ2v) is 7.09. The van der Waals surface area contributed by atoms with Gasteiger partial charge in [0.05, 0.1) is 0 Å². The second kappa shape index (κ2) is 7.76. The number of amides is 2. The van der Waals surface area contributed by atoms with Gasteiger partial charge in [-0.05, 0) is 62.2 Å². The van der Waals surface area contributed by atoms with Crippen LogP contribution in [0.5, 0.6) is 0 Å². The zero-order valence-corrected chi connectivity index (χ0v) is 15.8. The highest BCUT2D eigenvalue weighted by Gasteiger charge is 2.25. The summed E-state index contributed by atoms with van der Waals surface area (Å²) >= 11 is 0. The smallest absolute Gasteiger partial charge is 0.287 e. The van der Waals surface area contributed by atoms with Crippen molar-refractivity contribution in [2.75, 3.05) is 13.1 Å². The van der Waals surface area contributed by atoms with Gasteiger partial charge in [0.15, 0.2) is 5.76 Å². The molecule has 1 aromatic carbocycles. The number of piperidine rings is 1. The van der Waals surface area contributed by atoms with Gasteiger partial charge in [0, 0.05) is 42.8 Å². The van der Waals surface area contributed by atoms with Crippen LogP contribution in [0, 0.1) is 6.92 Å².